The summed E-state index contributed by atoms with van der Waals surface area (Å²) in [7, 11) is 0. The zero-order chi connectivity index (χ0) is 27.6. The molecule has 1 heterocycles. The van der Waals surface area contributed by atoms with Crippen LogP contribution < -0.4 is 11.1 Å². The molecule has 3 N–H and O–H groups in total. The molecule has 5 rings (SSSR count). The number of hydrogen-bond acceptors (Lipinski definition) is 4. The number of rotatable bonds is 8. The highest BCUT2D eigenvalue weighted by molar-refractivity contribution is 5.93. The highest BCUT2D eigenvalue weighted by Crippen LogP contribution is 2.50. The van der Waals surface area contributed by atoms with Crippen LogP contribution in [-0.2, 0) is 15.1 Å². The summed E-state index contributed by atoms with van der Waals surface area (Å²) in [6.07, 6.45) is 6.00. The maximum absolute atomic E-state index is 13.5. The van der Waals surface area contributed by atoms with E-state index in [4.69, 9.17) is 10.7 Å². The van der Waals surface area contributed by atoms with Gasteiger partial charge in [0.2, 0.25) is 5.91 Å². The van der Waals surface area contributed by atoms with Gasteiger partial charge in [-0.25, -0.2) is 8.78 Å². The second kappa shape index (κ2) is 11.0. The van der Waals surface area contributed by atoms with Crippen molar-refractivity contribution in [3.05, 3.63) is 72.4 Å². The van der Waals surface area contributed by atoms with Gasteiger partial charge < -0.3 is 15.8 Å². The second-order valence-corrected chi connectivity index (χ2v) is 11.5. The molecule has 39 heavy (non-hydrogen) atoms. The van der Waals surface area contributed by atoms with E-state index in [2.05, 4.69) is 5.32 Å². The van der Waals surface area contributed by atoms with Crippen molar-refractivity contribution < 1.29 is 18.4 Å². The number of nitrogens with two attached hydrogens (primary N) is 1. The van der Waals surface area contributed by atoms with Gasteiger partial charge >= 0.3 is 0 Å². The minimum Gasteiger partial charge on any atom is -0.325 e. The first-order valence-electron chi connectivity index (χ1n) is 13.7. The fourth-order valence-corrected chi connectivity index (χ4v) is 6.16. The Morgan fingerprint density at radius 2 is 1.54 bits per heavy atom. The van der Waals surface area contributed by atoms with E-state index >= 15 is 0 Å². The first kappa shape index (κ1) is 27.1. The molecule has 0 spiro atoms. The summed E-state index contributed by atoms with van der Waals surface area (Å²) in [5.74, 6) is -1.72. The number of nitrogens with zero attached hydrogens (tertiary/aromatic N) is 1. The Morgan fingerprint density at radius 3 is 2.13 bits per heavy atom. The smallest absolute Gasteiger partial charge is 0.252 e. The molecule has 0 bridgehead atoms. The third kappa shape index (κ3) is 6.41. The lowest BCUT2D eigenvalue weighted by molar-refractivity contribution is -0.125. The number of pyridine rings is 1. The first-order chi connectivity index (χ1) is 18.6. The molecule has 0 aliphatic heterocycles. The largest absolute Gasteiger partial charge is 0.325 e. The Morgan fingerprint density at radius 1 is 0.923 bits per heavy atom. The maximum Gasteiger partial charge on any atom is 0.252 e. The number of amides is 1. The van der Waals surface area contributed by atoms with Gasteiger partial charge in [-0.05, 0) is 61.6 Å². The van der Waals surface area contributed by atoms with E-state index in [1.165, 1.54) is 0 Å². The van der Waals surface area contributed by atoms with E-state index in [9.17, 15) is 18.4 Å². The van der Waals surface area contributed by atoms with E-state index in [1.807, 2.05) is 60.7 Å². The molecule has 2 saturated carbocycles. The lowest BCUT2D eigenvalue weighted by Crippen LogP contribution is -2.55. The maximum atomic E-state index is 13.5. The quantitative estimate of drug-likeness (QED) is 0.324. The number of aromatic nitrogens is 1. The number of benzene rings is 2. The molecule has 0 radical (unpaired) electrons. The standard InChI is InChI=1S/C32H35F2N3O2/c1-21(38)15-22-7-9-23(10-8-22)16-29(39)37-27-17-28(24-5-3-2-4-6-24)30(36-18-27)25-11-13-26(14-12-25)31(35)19-32(33,34)20-31/h2-6,11-14,17-18,22-23H,7-10,15-16,19-20,35H2,1H3,(H,37,39). The van der Waals surface area contributed by atoms with Crippen molar-refractivity contribution in [1.82, 2.24) is 4.98 Å². The summed E-state index contributed by atoms with van der Waals surface area (Å²) < 4.78 is 27.0. The van der Waals surface area contributed by atoms with Crippen molar-refractivity contribution in [1.29, 1.82) is 0 Å². The van der Waals surface area contributed by atoms with Crippen molar-refractivity contribution in [3.63, 3.8) is 0 Å². The Kier molecular flexibility index (Phi) is 7.63. The number of halogens is 2. The SMILES string of the molecule is CC(=O)CC1CCC(CC(=O)Nc2cnc(-c3ccc(C4(N)CC(F)(F)C4)cc3)c(-c3ccccc3)c2)CC1. The van der Waals surface area contributed by atoms with Crippen molar-refractivity contribution in [2.45, 2.75) is 69.8 Å². The predicted molar refractivity (Wildman–Crippen MR) is 149 cm³/mol. The molecule has 7 heteroatoms. The fraction of sp³-hybridized carbons (Fsp3) is 0.406. The van der Waals surface area contributed by atoms with Crippen LogP contribution in [0.2, 0.25) is 0 Å². The van der Waals surface area contributed by atoms with Crippen LogP contribution >= 0.6 is 0 Å². The zero-order valence-electron chi connectivity index (χ0n) is 22.3. The average molecular weight is 532 g/mol. The molecule has 2 aliphatic carbocycles. The number of ketones is 1. The molecule has 0 atom stereocenters. The molecule has 0 saturated heterocycles. The molecule has 5 nitrogen and oxygen atoms in total. The monoisotopic (exact) mass is 531 g/mol. The van der Waals surface area contributed by atoms with Gasteiger partial charge in [0.15, 0.2) is 0 Å². The van der Waals surface area contributed by atoms with Crippen LogP contribution in [0.3, 0.4) is 0 Å². The third-order valence-electron chi connectivity index (χ3n) is 8.15. The van der Waals surface area contributed by atoms with Crippen molar-refractivity contribution >= 4 is 17.4 Å². The van der Waals surface area contributed by atoms with E-state index < -0.39 is 11.5 Å². The topological polar surface area (TPSA) is 85.1 Å². The number of alkyl halides is 2. The summed E-state index contributed by atoms with van der Waals surface area (Å²) in [5.41, 5.74) is 9.93. The molecular formula is C32H35F2N3O2. The molecule has 1 amide bonds. The lowest BCUT2D eigenvalue weighted by atomic mass is 9.70. The van der Waals surface area contributed by atoms with Crippen molar-refractivity contribution in [2.75, 3.05) is 5.32 Å². The molecule has 2 aliphatic rings. The van der Waals surface area contributed by atoms with Gasteiger partial charge in [-0.3, -0.25) is 9.78 Å². The summed E-state index contributed by atoms with van der Waals surface area (Å²) in [5, 5.41) is 3.03. The molecule has 2 aromatic carbocycles. The lowest BCUT2D eigenvalue weighted by Gasteiger charge is -2.44. The van der Waals surface area contributed by atoms with Crippen molar-refractivity contribution in [3.8, 4) is 22.4 Å². The van der Waals surface area contributed by atoms with Gasteiger partial charge in [0.25, 0.3) is 5.92 Å². The van der Waals surface area contributed by atoms with Crippen LogP contribution in [0.5, 0.6) is 0 Å². The number of nitrogens with one attached hydrogen (secondary N) is 1. The van der Waals surface area contributed by atoms with Gasteiger partial charge in [0.1, 0.15) is 5.78 Å². The van der Waals surface area contributed by atoms with Crippen LogP contribution in [0, 0.1) is 11.8 Å². The van der Waals surface area contributed by atoms with Crippen molar-refractivity contribution in [2.24, 2.45) is 17.6 Å². The van der Waals surface area contributed by atoms with E-state index in [1.54, 1.807) is 13.1 Å². The van der Waals surface area contributed by atoms with Gasteiger partial charge in [0.05, 0.1) is 23.1 Å². The molecule has 2 fully saturated rings. The average Bonchev–Trinajstić information content (AvgIpc) is 2.89. The second-order valence-electron chi connectivity index (χ2n) is 11.5. The Bertz CT molecular complexity index is 1330. The van der Waals surface area contributed by atoms with Crippen LogP contribution in [-0.4, -0.2) is 22.6 Å². The number of hydrogen-bond donors (Lipinski definition) is 2. The summed E-state index contributed by atoms with van der Waals surface area (Å²) >= 11 is 0. The minimum atomic E-state index is -2.70. The molecular weight excluding hydrogens is 496 g/mol. The number of Topliss-reactive ketones (excluding diaryl/α,β-unsaturated/α-hetero) is 1. The first-order valence-corrected chi connectivity index (χ1v) is 13.7. The van der Waals surface area contributed by atoms with E-state index in [0.29, 0.717) is 35.9 Å². The van der Waals surface area contributed by atoms with Crippen LogP contribution in [0.4, 0.5) is 14.5 Å². The molecule has 1 aromatic heterocycles. The van der Waals surface area contributed by atoms with Crippen LogP contribution in [0.25, 0.3) is 22.4 Å². The normalized spacial score (nSPS) is 21.5. The summed E-state index contributed by atoms with van der Waals surface area (Å²) in [6, 6.07) is 19.1. The molecule has 0 unspecified atom stereocenters. The molecule has 3 aromatic rings. The van der Waals surface area contributed by atoms with Gasteiger partial charge in [0, 0.05) is 36.8 Å². The highest BCUT2D eigenvalue weighted by atomic mass is 19.3. The third-order valence-corrected chi connectivity index (χ3v) is 8.15. The van der Waals surface area contributed by atoms with E-state index in [-0.39, 0.29) is 24.5 Å². The number of carbonyl (C=O) groups is 2. The zero-order valence-corrected chi connectivity index (χ0v) is 22.3. The number of anilines is 1. The van der Waals surface area contributed by atoms with Gasteiger partial charge in [-0.15, -0.1) is 0 Å². The summed E-state index contributed by atoms with van der Waals surface area (Å²) in [6.45, 7) is 1.64. The molecule has 204 valence electrons. The Hall–Kier alpha value is -3.45. The number of carbonyl (C=O) groups excluding carboxylic acids is 2. The summed E-state index contributed by atoms with van der Waals surface area (Å²) in [4.78, 5) is 29.0. The van der Waals surface area contributed by atoms with Crippen LogP contribution in [0.1, 0.15) is 63.9 Å². The highest BCUT2D eigenvalue weighted by Gasteiger charge is 2.55. The van der Waals surface area contributed by atoms with Gasteiger partial charge in [-0.2, -0.15) is 0 Å². The van der Waals surface area contributed by atoms with Gasteiger partial charge in [-0.1, -0.05) is 54.6 Å². The Labute approximate surface area is 228 Å². The Balaban J connectivity index is 1.31. The predicted octanol–water partition coefficient (Wildman–Crippen LogP) is 7.11. The minimum absolute atomic E-state index is 0.0338. The van der Waals surface area contributed by atoms with E-state index in [0.717, 1.165) is 48.1 Å². The fourth-order valence-electron chi connectivity index (χ4n) is 6.16. The van der Waals surface area contributed by atoms with Crippen LogP contribution in [0.15, 0.2) is 66.9 Å².